The Balaban J connectivity index is 2.57. The zero-order chi connectivity index (χ0) is 13.1. The molecule has 0 spiro atoms. The number of hydrogen-bond donors (Lipinski definition) is 0. The van der Waals surface area contributed by atoms with Gasteiger partial charge in [-0.1, -0.05) is 54.1 Å². The van der Waals surface area contributed by atoms with E-state index in [1.807, 2.05) is 0 Å². The summed E-state index contributed by atoms with van der Waals surface area (Å²) in [6.07, 6.45) is 2.21. The molecular formula is C18H20. The average molecular weight is 236 g/mol. The fourth-order valence-electron chi connectivity index (χ4n) is 2.45. The van der Waals surface area contributed by atoms with Gasteiger partial charge in [0.2, 0.25) is 0 Å². The number of hydrogen-bond acceptors (Lipinski definition) is 0. The molecule has 0 aliphatic heterocycles. The van der Waals surface area contributed by atoms with Crippen LogP contribution in [-0.4, -0.2) is 0 Å². The van der Waals surface area contributed by atoms with Crippen molar-refractivity contribution in [2.75, 3.05) is 0 Å². The number of benzene rings is 2. The SMILES string of the molecule is CC=C(c1ccccc1C)c1ccc(C)cc1C. The van der Waals surface area contributed by atoms with Crippen molar-refractivity contribution in [2.24, 2.45) is 0 Å². The summed E-state index contributed by atoms with van der Waals surface area (Å²) in [5.41, 5.74) is 7.96. The van der Waals surface area contributed by atoms with Crippen molar-refractivity contribution in [3.05, 3.63) is 76.4 Å². The van der Waals surface area contributed by atoms with Crippen molar-refractivity contribution < 1.29 is 0 Å². The molecule has 2 rings (SSSR count). The third-order valence-electron chi connectivity index (χ3n) is 3.40. The lowest BCUT2D eigenvalue weighted by Crippen LogP contribution is -1.94. The van der Waals surface area contributed by atoms with Gasteiger partial charge in [-0.2, -0.15) is 0 Å². The van der Waals surface area contributed by atoms with Gasteiger partial charge in [0.25, 0.3) is 0 Å². The maximum absolute atomic E-state index is 2.25. The highest BCUT2D eigenvalue weighted by Gasteiger charge is 2.08. The smallest absolute Gasteiger partial charge is 0.0149 e. The molecule has 92 valence electrons. The lowest BCUT2D eigenvalue weighted by molar-refractivity contribution is 1.33. The molecular weight excluding hydrogens is 216 g/mol. The minimum atomic E-state index is 1.32. The summed E-state index contributed by atoms with van der Waals surface area (Å²) in [5.74, 6) is 0. The quantitative estimate of drug-likeness (QED) is 0.683. The van der Waals surface area contributed by atoms with Crippen molar-refractivity contribution in [1.82, 2.24) is 0 Å². The van der Waals surface area contributed by atoms with E-state index in [1.165, 1.54) is 33.4 Å². The first-order valence-corrected chi connectivity index (χ1v) is 6.43. The first-order valence-electron chi connectivity index (χ1n) is 6.43. The van der Waals surface area contributed by atoms with Crippen molar-refractivity contribution in [3.63, 3.8) is 0 Å². The van der Waals surface area contributed by atoms with Gasteiger partial charge < -0.3 is 0 Å². The van der Waals surface area contributed by atoms with E-state index in [4.69, 9.17) is 0 Å². The lowest BCUT2D eigenvalue weighted by Gasteiger charge is -2.14. The molecule has 0 aliphatic carbocycles. The third kappa shape index (κ3) is 2.38. The van der Waals surface area contributed by atoms with Crippen molar-refractivity contribution in [2.45, 2.75) is 27.7 Å². The predicted molar refractivity (Wildman–Crippen MR) is 79.8 cm³/mol. The second kappa shape index (κ2) is 5.22. The maximum Gasteiger partial charge on any atom is -0.0149 e. The highest BCUT2D eigenvalue weighted by atomic mass is 14.1. The van der Waals surface area contributed by atoms with Crippen molar-refractivity contribution in [1.29, 1.82) is 0 Å². The summed E-state index contributed by atoms with van der Waals surface area (Å²) in [5, 5.41) is 0. The van der Waals surface area contributed by atoms with Gasteiger partial charge in [-0.15, -0.1) is 0 Å². The molecule has 0 saturated carbocycles. The molecule has 2 aromatic rings. The summed E-state index contributed by atoms with van der Waals surface area (Å²) in [7, 11) is 0. The molecule has 0 fully saturated rings. The van der Waals surface area contributed by atoms with Crippen LogP contribution in [0.5, 0.6) is 0 Å². The fraction of sp³-hybridized carbons (Fsp3) is 0.222. The van der Waals surface area contributed by atoms with E-state index in [-0.39, 0.29) is 0 Å². The van der Waals surface area contributed by atoms with Gasteiger partial charge in [-0.25, -0.2) is 0 Å². The van der Waals surface area contributed by atoms with E-state index in [1.54, 1.807) is 0 Å². The van der Waals surface area contributed by atoms with Crippen LogP contribution in [0.15, 0.2) is 48.5 Å². The van der Waals surface area contributed by atoms with Crippen LogP contribution in [0.4, 0.5) is 0 Å². The third-order valence-corrected chi connectivity index (χ3v) is 3.40. The van der Waals surface area contributed by atoms with Gasteiger partial charge >= 0.3 is 0 Å². The molecule has 0 saturated heterocycles. The summed E-state index contributed by atoms with van der Waals surface area (Å²) in [4.78, 5) is 0. The Morgan fingerprint density at radius 3 is 2.11 bits per heavy atom. The van der Waals surface area contributed by atoms with E-state index < -0.39 is 0 Å². The largest absolute Gasteiger partial charge is 0.0792 e. The molecule has 0 N–H and O–H groups in total. The standard InChI is InChI=1S/C18H20/c1-5-16(17-9-7-6-8-14(17)3)18-11-10-13(2)12-15(18)4/h5-12H,1-4H3. The first-order chi connectivity index (χ1) is 8.63. The molecule has 0 heterocycles. The zero-order valence-electron chi connectivity index (χ0n) is 11.6. The fourth-order valence-corrected chi connectivity index (χ4v) is 2.45. The second-order valence-corrected chi connectivity index (χ2v) is 4.84. The van der Waals surface area contributed by atoms with E-state index in [0.29, 0.717) is 0 Å². The summed E-state index contributed by atoms with van der Waals surface area (Å²) in [6, 6.07) is 15.2. The van der Waals surface area contributed by atoms with E-state index in [0.717, 1.165) is 0 Å². The van der Waals surface area contributed by atoms with Crippen LogP contribution < -0.4 is 0 Å². The Labute approximate surface area is 110 Å². The van der Waals surface area contributed by atoms with E-state index in [2.05, 4.69) is 76.2 Å². The van der Waals surface area contributed by atoms with Crippen molar-refractivity contribution >= 4 is 5.57 Å². The average Bonchev–Trinajstić information content (AvgIpc) is 2.34. The molecule has 18 heavy (non-hydrogen) atoms. The van der Waals surface area contributed by atoms with E-state index in [9.17, 15) is 0 Å². The van der Waals surface area contributed by atoms with Crippen LogP contribution in [0.3, 0.4) is 0 Å². The Morgan fingerprint density at radius 1 is 0.833 bits per heavy atom. The molecule has 0 unspecified atom stereocenters. The lowest BCUT2D eigenvalue weighted by atomic mass is 9.91. The molecule has 0 heteroatoms. The van der Waals surface area contributed by atoms with Gasteiger partial charge in [0.1, 0.15) is 0 Å². The predicted octanol–water partition coefficient (Wildman–Crippen LogP) is 5.06. The van der Waals surface area contributed by atoms with Crippen molar-refractivity contribution in [3.8, 4) is 0 Å². The van der Waals surface area contributed by atoms with Crippen LogP contribution in [0.25, 0.3) is 5.57 Å². The number of rotatable bonds is 2. The van der Waals surface area contributed by atoms with Gasteiger partial charge in [0.05, 0.1) is 0 Å². The first kappa shape index (κ1) is 12.6. The Kier molecular flexibility index (Phi) is 3.66. The molecule has 0 amide bonds. The molecule has 0 atom stereocenters. The van der Waals surface area contributed by atoms with Gasteiger partial charge in [0, 0.05) is 0 Å². The summed E-state index contributed by atoms with van der Waals surface area (Å²) < 4.78 is 0. The topological polar surface area (TPSA) is 0 Å². The summed E-state index contributed by atoms with van der Waals surface area (Å²) in [6.45, 7) is 8.60. The molecule has 2 aromatic carbocycles. The molecule has 0 bridgehead atoms. The minimum Gasteiger partial charge on any atom is -0.0792 e. The normalized spacial score (nSPS) is 11.7. The second-order valence-electron chi connectivity index (χ2n) is 4.84. The highest BCUT2D eigenvalue weighted by Crippen LogP contribution is 2.28. The zero-order valence-corrected chi connectivity index (χ0v) is 11.6. The van der Waals surface area contributed by atoms with Crippen LogP contribution in [-0.2, 0) is 0 Å². The molecule has 0 radical (unpaired) electrons. The van der Waals surface area contributed by atoms with E-state index >= 15 is 0 Å². The van der Waals surface area contributed by atoms with Gasteiger partial charge in [0.15, 0.2) is 0 Å². The van der Waals surface area contributed by atoms with Crippen LogP contribution in [0.2, 0.25) is 0 Å². The minimum absolute atomic E-state index is 1.32. The number of allylic oxidation sites excluding steroid dienone is 1. The Morgan fingerprint density at radius 2 is 1.50 bits per heavy atom. The van der Waals surface area contributed by atoms with Gasteiger partial charge in [-0.3, -0.25) is 0 Å². The molecule has 0 nitrogen and oxygen atoms in total. The maximum atomic E-state index is 2.25. The highest BCUT2D eigenvalue weighted by molar-refractivity contribution is 5.82. The number of aryl methyl sites for hydroxylation is 3. The Hall–Kier alpha value is -1.82. The summed E-state index contributed by atoms with van der Waals surface area (Å²) >= 11 is 0. The molecule has 0 aliphatic rings. The molecule has 0 aromatic heterocycles. The van der Waals surface area contributed by atoms with Crippen LogP contribution in [0, 0.1) is 20.8 Å². The Bertz CT molecular complexity index is 589. The van der Waals surface area contributed by atoms with Crippen LogP contribution in [0.1, 0.15) is 34.7 Å². The monoisotopic (exact) mass is 236 g/mol. The van der Waals surface area contributed by atoms with Crippen LogP contribution >= 0.6 is 0 Å². The van der Waals surface area contributed by atoms with Gasteiger partial charge in [-0.05, 0) is 55.5 Å².